The largest absolute Gasteiger partial charge is 0.369 e. The van der Waals surface area contributed by atoms with E-state index in [4.69, 9.17) is 28.2 Å². The first-order chi connectivity index (χ1) is 19.4. The summed E-state index contributed by atoms with van der Waals surface area (Å²) < 4.78 is 2.02. The van der Waals surface area contributed by atoms with E-state index in [0.717, 1.165) is 47.8 Å². The van der Waals surface area contributed by atoms with Crippen molar-refractivity contribution in [2.45, 2.75) is 32.7 Å². The Balaban J connectivity index is 1.20. The SMILES string of the molecule is CC(C)N1CCCc2cc(-c3nc4ccccn4c3NCC(=O)N3CCN(c4c(Cl)cncc4Cl)CC3)ccc21. The van der Waals surface area contributed by atoms with Crippen molar-refractivity contribution < 1.29 is 4.79 Å². The van der Waals surface area contributed by atoms with Gasteiger partial charge in [0.1, 0.15) is 17.2 Å². The van der Waals surface area contributed by atoms with E-state index in [1.165, 1.54) is 11.3 Å². The summed E-state index contributed by atoms with van der Waals surface area (Å²) in [4.78, 5) is 28.8. The average Bonchev–Trinajstić information content (AvgIpc) is 3.34. The third-order valence-electron chi connectivity index (χ3n) is 7.84. The van der Waals surface area contributed by atoms with Crippen LogP contribution in [-0.4, -0.2) is 70.5 Å². The number of pyridine rings is 2. The number of hydrogen-bond acceptors (Lipinski definition) is 6. The van der Waals surface area contributed by atoms with Crippen LogP contribution in [-0.2, 0) is 11.2 Å². The summed E-state index contributed by atoms with van der Waals surface area (Å²) in [6.07, 6.45) is 7.38. The zero-order chi connectivity index (χ0) is 27.8. The Hall–Kier alpha value is -3.49. The highest BCUT2D eigenvalue weighted by molar-refractivity contribution is 6.38. The van der Waals surface area contributed by atoms with Crippen molar-refractivity contribution in [3.8, 4) is 11.3 Å². The van der Waals surface area contributed by atoms with Gasteiger partial charge >= 0.3 is 0 Å². The van der Waals surface area contributed by atoms with E-state index in [0.29, 0.717) is 42.3 Å². The Labute approximate surface area is 244 Å². The molecule has 1 N–H and O–H groups in total. The smallest absolute Gasteiger partial charge is 0.242 e. The summed E-state index contributed by atoms with van der Waals surface area (Å²) >= 11 is 12.7. The predicted octanol–water partition coefficient (Wildman–Crippen LogP) is 5.62. The number of rotatable bonds is 6. The molecule has 0 radical (unpaired) electrons. The summed E-state index contributed by atoms with van der Waals surface area (Å²) in [5, 5.41) is 4.48. The minimum atomic E-state index is 0.0430. The number of carbonyl (C=O) groups excluding carboxylic acids is 1. The van der Waals surface area contributed by atoms with E-state index in [1.807, 2.05) is 33.7 Å². The molecule has 0 aliphatic carbocycles. The fraction of sp³-hybridized carbons (Fsp3) is 0.367. The average molecular weight is 579 g/mol. The molecule has 0 unspecified atom stereocenters. The number of carbonyl (C=O) groups is 1. The maximum absolute atomic E-state index is 13.3. The van der Waals surface area contributed by atoms with Crippen molar-refractivity contribution in [1.82, 2.24) is 19.3 Å². The molecule has 8 nitrogen and oxygen atoms in total. The quantitative estimate of drug-likeness (QED) is 0.320. The standard InChI is InChI=1S/C30H33Cl2N7O/c1-20(2)38-11-5-6-21-16-22(8-9-25(21)38)28-30(39-10-4-3-7-26(39)35-28)34-19-27(40)36-12-14-37(15-13-36)29-23(31)17-33-18-24(29)32/h3-4,7-10,16-18,20,34H,5-6,11-15,19H2,1-2H3. The fourth-order valence-electron chi connectivity index (χ4n) is 5.83. The summed E-state index contributed by atoms with van der Waals surface area (Å²) in [7, 11) is 0. The lowest BCUT2D eigenvalue weighted by Crippen LogP contribution is -2.50. The maximum atomic E-state index is 13.3. The van der Waals surface area contributed by atoms with Crippen molar-refractivity contribution in [3.05, 3.63) is 70.6 Å². The highest BCUT2D eigenvalue weighted by Gasteiger charge is 2.25. The van der Waals surface area contributed by atoms with Crippen LogP contribution >= 0.6 is 23.2 Å². The predicted molar refractivity (Wildman–Crippen MR) is 163 cm³/mol. The van der Waals surface area contributed by atoms with Crippen molar-refractivity contribution >= 4 is 51.9 Å². The lowest BCUT2D eigenvalue weighted by molar-refractivity contribution is -0.129. The van der Waals surface area contributed by atoms with E-state index in [2.05, 4.69) is 52.1 Å². The minimum absolute atomic E-state index is 0.0430. The number of nitrogens with one attached hydrogen (secondary N) is 1. The third kappa shape index (κ3) is 5.06. The molecule has 0 atom stereocenters. The number of benzene rings is 1. The zero-order valence-electron chi connectivity index (χ0n) is 22.8. The van der Waals surface area contributed by atoms with E-state index in [1.54, 1.807) is 12.4 Å². The number of hydrogen-bond donors (Lipinski definition) is 1. The second-order valence-corrected chi connectivity index (χ2v) is 11.5. The highest BCUT2D eigenvalue weighted by atomic mass is 35.5. The third-order valence-corrected chi connectivity index (χ3v) is 8.40. The normalized spacial score (nSPS) is 15.6. The minimum Gasteiger partial charge on any atom is -0.369 e. The van der Waals surface area contributed by atoms with Gasteiger partial charge < -0.3 is 20.0 Å². The summed E-state index contributed by atoms with van der Waals surface area (Å²) in [6.45, 7) is 8.24. The van der Waals surface area contributed by atoms with Gasteiger partial charge in [-0.15, -0.1) is 0 Å². The molecule has 40 heavy (non-hydrogen) atoms. The Kier molecular flexibility index (Phi) is 7.47. The van der Waals surface area contributed by atoms with Crippen molar-refractivity contribution in [3.63, 3.8) is 0 Å². The van der Waals surface area contributed by atoms with Gasteiger partial charge in [-0.05, 0) is 56.5 Å². The second-order valence-electron chi connectivity index (χ2n) is 10.6. The van der Waals surface area contributed by atoms with Gasteiger partial charge in [-0.3, -0.25) is 14.2 Å². The molecule has 2 aliphatic rings. The number of fused-ring (bicyclic) bond motifs is 2. The van der Waals surface area contributed by atoms with Gasteiger partial charge in [0.2, 0.25) is 5.91 Å². The molecule has 4 aromatic rings. The Morgan fingerprint density at radius 2 is 1.80 bits per heavy atom. The van der Waals surface area contributed by atoms with Crippen LogP contribution < -0.4 is 15.1 Å². The molecule has 0 saturated carbocycles. The number of anilines is 3. The van der Waals surface area contributed by atoms with Crippen molar-refractivity contribution in [1.29, 1.82) is 0 Å². The molecule has 1 aromatic carbocycles. The molecule has 0 bridgehead atoms. The molecule has 10 heteroatoms. The highest BCUT2D eigenvalue weighted by Crippen LogP contribution is 2.36. The van der Waals surface area contributed by atoms with E-state index in [-0.39, 0.29) is 12.5 Å². The van der Waals surface area contributed by atoms with Crippen LogP contribution in [0.3, 0.4) is 0 Å². The fourth-order valence-corrected chi connectivity index (χ4v) is 6.44. The van der Waals surface area contributed by atoms with Crippen LogP contribution in [0, 0.1) is 0 Å². The lowest BCUT2D eigenvalue weighted by Gasteiger charge is -2.36. The lowest BCUT2D eigenvalue weighted by atomic mass is 9.97. The first-order valence-corrected chi connectivity index (χ1v) is 14.6. The number of imidazole rings is 1. The molecule has 6 rings (SSSR count). The number of aromatic nitrogens is 3. The summed E-state index contributed by atoms with van der Waals surface area (Å²) in [5.74, 6) is 0.871. The molecular weight excluding hydrogens is 545 g/mol. The van der Waals surface area contributed by atoms with Crippen LogP contribution in [0.25, 0.3) is 16.9 Å². The number of aryl methyl sites for hydroxylation is 1. The van der Waals surface area contributed by atoms with E-state index >= 15 is 0 Å². The second kappa shape index (κ2) is 11.2. The van der Waals surface area contributed by atoms with Gasteiger partial charge in [0.25, 0.3) is 0 Å². The first-order valence-electron chi connectivity index (χ1n) is 13.8. The van der Waals surface area contributed by atoms with Crippen LogP contribution in [0.4, 0.5) is 17.2 Å². The van der Waals surface area contributed by atoms with Gasteiger partial charge in [0.05, 0.1) is 22.3 Å². The molecular formula is C30H33Cl2N7O. The zero-order valence-corrected chi connectivity index (χ0v) is 24.3. The van der Waals surface area contributed by atoms with E-state index < -0.39 is 0 Å². The topological polar surface area (TPSA) is 69.0 Å². The van der Waals surface area contributed by atoms with Gasteiger partial charge in [0, 0.05) is 68.6 Å². The summed E-state index contributed by atoms with van der Waals surface area (Å²) in [6, 6.07) is 13.1. The van der Waals surface area contributed by atoms with Crippen molar-refractivity contribution in [2.75, 3.05) is 54.4 Å². The molecule has 2 aliphatic heterocycles. The van der Waals surface area contributed by atoms with Gasteiger partial charge in [-0.2, -0.15) is 0 Å². The monoisotopic (exact) mass is 577 g/mol. The van der Waals surface area contributed by atoms with E-state index in [9.17, 15) is 4.79 Å². The number of halogens is 2. The molecule has 1 amide bonds. The molecule has 1 fully saturated rings. The first kappa shape index (κ1) is 26.7. The molecule has 1 saturated heterocycles. The van der Waals surface area contributed by atoms with Crippen LogP contribution in [0.5, 0.6) is 0 Å². The van der Waals surface area contributed by atoms with Gasteiger partial charge in [-0.1, -0.05) is 35.3 Å². The van der Waals surface area contributed by atoms with Crippen LogP contribution in [0.1, 0.15) is 25.8 Å². The van der Waals surface area contributed by atoms with Crippen LogP contribution in [0.2, 0.25) is 10.0 Å². The van der Waals surface area contributed by atoms with Gasteiger partial charge in [-0.25, -0.2) is 4.98 Å². The number of amides is 1. The maximum Gasteiger partial charge on any atom is 0.242 e. The van der Waals surface area contributed by atoms with Gasteiger partial charge in [0.15, 0.2) is 0 Å². The number of nitrogens with zero attached hydrogens (tertiary/aromatic N) is 6. The van der Waals surface area contributed by atoms with Crippen molar-refractivity contribution in [2.24, 2.45) is 0 Å². The Morgan fingerprint density at radius 1 is 1.02 bits per heavy atom. The Morgan fingerprint density at radius 3 is 2.55 bits per heavy atom. The molecule has 208 valence electrons. The molecule has 5 heterocycles. The molecule has 3 aromatic heterocycles. The Bertz CT molecular complexity index is 1520. The number of piperazine rings is 1. The summed E-state index contributed by atoms with van der Waals surface area (Å²) in [5.41, 5.74) is 6.20. The molecule has 0 spiro atoms. The van der Waals surface area contributed by atoms with Crippen LogP contribution in [0.15, 0.2) is 55.0 Å².